The minimum atomic E-state index is -0.230. The molecule has 2 amide bonds. The van der Waals surface area contributed by atoms with Crippen molar-refractivity contribution in [3.05, 3.63) is 46.5 Å². The van der Waals surface area contributed by atoms with Crippen molar-refractivity contribution in [2.24, 2.45) is 0 Å². The monoisotopic (exact) mass is 387 g/mol. The van der Waals surface area contributed by atoms with Gasteiger partial charge in [0.05, 0.1) is 31.4 Å². The van der Waals surface area contributed by atoms with Gasteiger partial charge in [0.2, 0.25) is 11.8 Å². The lowest BCUT2D eigenvalue weighted by molar-refractivity contribution is -0.134. The van der Waals surface area contributed by atoms with Gasteiger partial charge in [0.25, 0.3) is 0 Å². The van der Waals surface area contributed by atoms with Crippen LogP contribution in [0.3, 0.4) is 0 Å². The number of carbonyl (C=O) groups is 2. The van der Waals surface area contributed by atoms with E-state index in [1.807, 2.05) is 28.0 Å². The maximum absolute atomic E-state index is 13.0. The summed E-state index contributed by atoms with van der Waals surface area (Å²) in [6.07, 6.45) is 5.41. The van der Waals surface area contributed by atoms with Crippen LogP contribution in [0.1, 0.15) is 42.4 Å². The molecule has 2 aliphatic heterocycles. The molecule has 4 heterocycles. The van der Waals surface area contributed by atoms with Gasteiger partial charge >= 0.3 is 0 Å². The summed E-state index contributed by atoms with van der Waals surface area (Å²) in [5.41, 5.74) is 0. The summed E-state index contributed by atoms with van der Waals surface area (Å²) < 4.78 is 5.26. The van der Waals surface area contributed by atoms with Crippen molar-refractivity contribution >= 4 is 23.2 Å². The molecule has 2 saturated heterocycles. The average Bonchev–Trinajstić information content (AvgIpc) is 3.47. The highest BCUT2D eigenvalue weighted by Crippen LogP contribution is 2.34. The first-order chi connectivity index (χ1) is 13.2. The SMILES string of the molecule is O=C(NCc1ccco1)C1CCCN1CC(=O)N1CCCC1c1cccs1. The van der Waals surface area contributed by atoms with Gasteiger partial charge in [0, 0.05) is 11.4 Å². The second-order valence-corrected chi connectivity index (χ2v) is 8.17. The minimum Gasteiger partial charge on any atom is -0.467 e. The summed E-state index contributed by atoms with van der Waals surface area (Å²) >= 11 is 1.71. The van der Waals surface area contributed by atoms with E-state index in [-0.39, 0.29) is 23.9 Å². The fourth-order valence-corrected chi connectivity index (χ4v) is 5.00. The van der Waals surface area contributed by atoms with Crippen LogP contribution in [0, 0.1) is 0 Å². The van der Waals surface area contributed by atoms with E-state index in [1.165, 1.54) is 4.88 Å². The van der Waals surface area contributed by atoms with E-state index < -0.39 is 0 Å². The van der Waals surface area contributed by atoms with Crippen molar-refractivity contribution in [3.8, 4) is 0 Å². The number of hydrogen-bond donors (Lipinski definition) is 1. The third-order valence-electron chi connectivity index (χ3n) is 5.47. The number of nitrogens with zero attached hydrogens (tertiary/aromatic N) is 2. The van der Waals surface area contributed by atoms with Crippen molar-refractivity contribution in [2.75, 3.05) is 19.6 Å². The van der Waals surface area contributed by atoms with E-state index in [0.717, 1.165) is 44.5 Å². The Kier molecular flexibility index (Phi) is 5.59. The molecule has 144 valence electrons. The van der Waals surface area contributed by atoms with Gasteiger partial charge < -0.3 is 14.6 Å². The lowest BCUT2D eigenvalue weighted by atomic mass is 10.2. The molecule has 1 N–H and O–H groups in total. The highest BCUT2D eigenvalue weighted by atomic mass is 32.1. The van der Waals surface area contributed by atoms with Gasteiger partial charge in [-0.25, -0.2) is 0 Å². The molecule has 2 atom stereocenters. The molecular weight excluding hydrogens is 362 g/mol. The van der Waals surface area contributed by atoms with Crippen molar-refractivity contribution in [1.29, 1.82) is 0 Å². The number of carbonyl (C=O) groups excluding carboxylic acids is 2. The summed E-state index contributed by atoms with van der Waals surface area (Å²) in [4.78, 5) is 30.8. The molecule has 0 radical (unpaired) electrons. The van der Waals surface area contributed by atoms with Crippen molar-refractivity contribution in [3.63, 3.8) is 0 Å². The van der Waals surface area contributed by atoms with Crippen LogP contribution in [0.2, 0.25) is 0 Å². The summed E-state index contributed by atoms with van der Waals surface area (Å²) in [6, 6.07) is 7.77. The number of nitrogens with one attached hydrogen (secondary N) is 1. The quantitative estimate of drug-likeness (QED) is 0.828. The molecule has 7 heteroatoms. The van der Waals surface area contributed by atoms with Crippen LogP contribution in [0.4, 0.5) is 0 Å². The summed E-state index contributed by atoms with van der Waals surface area (Å²) in [7, 11) is 0. The van der Waals surface area contributed by atoms with Gasteiger partial charge in [0.15, 0.2) is 0 Å². The van der Waals surface area contributed by atoms with Gasteiger partial charge in [-0.15, -0.1) is 11.3 Å². The molecule has 4 rings (SSSR count). The highest BCUT2D eigenvalue weighted by Gasteiger charge is 2.36. The average molecular weight is 388 g/mol. The topological polar surface area (TPSA) is 65.8 Å². The first-order valence-electron chi connectivity index (χ1n) is 9.59. The molecule has 0 saturated carbocycles. The molecular formula is C20H25N3O3S. The van der Waals surface area contributed by atoms with Crippen LogP contribution in [0.25, 0.3) is 0 Å². The highest BCUT2D eigenvalue weighted by molar-refractivity contribution is 7.10. The normalized spacial score (nSPS) is 23.0. The molecule has 6 nitrogen and oxygen atoms in total. The molecule has 2 fully saturated rings. The van der Waals surface area contributed by atoms with Crippen LogP contribution >= 0.6 is 11.3 Å². The molecule has 2 aromatic rings. The van der Waals surface area contributed by atoms with Crippen molar-refractivity contribution in [2.45, 2.75) is 44.3 Å². The fraction of sp³-hybridized carbons (Fsp3) is 0.500. The van der Waals surface area contributed by atoms with E-state index in [1.54, 1.807) is 17.6 Å². The first kappa shape index (κ1) is 18.3. The number of furan rings is 1. The maximum atomic E-state index is 13.0. The van der Waals surface area contributed by atoms with E-state index in [4.69, 9.17) is 4.42 Å². The van der Waals surface area contributed by atoms with Gasteiger partial charge in [-0.05, 0) is 55.8 Å². The Hall–Kier alpha value is -2.12. The Labute approximate surface area is 163 Å². The van der Waals surface area contributed by atoms with E-state index in [2.05, 4.69) is 16.8 Å². The van der Waals surface area contributed by atoms with Crippen molar-refractivity contribution < 1.29 is 14.0 Å². The maximum Gasteiger partial charge on any atom is 0.237 e. The Morgan fingerprint density at radius 2 is 2.07 bits per heavy atom. The Morgan fingerprint density at radius 1 is 1.19 bits per heavy atom. The first-order valence-corrected chi connectivity index (χ1v) is 10.5. The number of rotatable bonds is 6. The molecule has 27 heavy (non-hydrogen) atoms. The van der Waals surface area contributed by atoms with Gasteiger partial charge in [-0.1, -0.05) is 6.07 Å². The molecule has 0 bridgehead atoms. The zero-order valence-corrected chi connectivity index (χ0v) is 16.1. The predicted molar refractivity (Wildman–Crippen MR) is 103 cm³/mol. The van der Waals surface area contributed by atoms with E-state index >= 15 is 0 Å². The van der Waals surface area contributed by atoms with Crippen LogP contribution < -0.4 is 5.32 Å². The number of amides is 2. The van der Waals surface area contributed by atoms with Crippen LogP contribution in [-0.4, -0.2) is 47.3 Å². The summed E-state index contributed by atoms with van der Waals surface area (Å²) in [6.45, 7) is 2.31. The number of thiophene rings is 1. The minimum absolute atomic E-state index is 0.0204. The summed E-state index contributed by atoms with van der Waals surface area (Å²) in [5.74, 6) is 0.851. The molecule has 2 aliphatic rings. The largest absolute Gasteiger partial charge is 0.467 e. The number of likely N-dealkylation sites (tertiary alicyclic amines) is 2. The second kappa shape index (κ2) is 8.27. The van der Waals surface area contributed by atoms with Crippen molar-refractivity contribution in [1.82, 2.24) is 15.1 Å². The van der Waals surface area contributed by atoms with E-state index in [0.29, 0.717) is 13.1 Å². The smallest absolute Gasteiger partial charge is 0.237 e. The Bertz CT molecular complexity index is 760. The molecule has 0 aliphatic carbocycles. The zero-order chi connectivity index (χ0) is 18.6. The number of hydrogen-bond acceptors (Lipinski definition) is 5. The Balaban J connectivity index is 1.34. The van der Waals surface area contributed by atoms with Gasteiger partial charge in [0.1, 0.15) is 5.76 Å². The lowest BCUT2D eigenvalue weighted by Gasteiger charge is -2.28. The Morgan fingerprint density at radius 3 is 2.85 bits per heavy atom. The van der Waals surface area contributed by atoms with Gasteiger partial charge in [-0.2, -0.15) is 0 Å². The van der Waals surface area contributed by atoms with Gasteiger partial charge in [-0.3, -0.25) is 14.5 Å². The molecule has 2 unspecified atom stereocenters. The standard InChI is InChI=1S/C20H25N3O3S/c24-19(23-10-2-6-16(23)18-8-4-12-27-18)14-22-9-1-7-17(22)20(25)21-13-15-5-3-11-26-15/h3-5,8,11-12,16-17H,1-2,6-7,9-10,13-14H2,(H,21,25). The zero-order valence-electron chi connectivity index (χ0n) is 15.3. The third-order valence-corrected chi connectivity index (χ3v) is 6.44. The molecule has 0 spiro atoms. The third kappa shape index (κ3) is 4.09. The lowest BCUT2D eigenvalue weighted by Crippen LogP contribution is -2.47. The second-order valence-electron chi connectivity index (χ2n) is 7.19. The summed E-state index contributed by atoms with van der Waals surface area (Å²) in [5, 5.41) is 5.00. The van der Waals surface area contributed by atoms with Crippen LogP contribution in [0.15, 0.2) is 40.3 Å². The molecule has 0 aromatic carbocycles. The van der Waals surface area contributed by atoms with E-state index in [9.17, 15) is 9.59 Å². The van der Waals surface area contributed by atoms with Crippen LogP contribution in [0.5, 0.6) is 0 Å². The fourth-order valence-electron chi connectivity index (χ4n) is 4.12. The molecule has 2 aromatic heterocycles. The predicted octanol–water partition coefficient (Wildman–Crippen LogP) is 2.79. The van der Waals surface area contributed by atoms with Crippen LogP contribution in [-0.2, 0) is 16.1 Å².